The first-order chi connectivity index (χ1) is 9.54. The van der Waals surface area contributed by atoms with Gasteiger partial charge in [0.15, 0.2) is 11.5 Å². The molecule has 3 N–H and O–H groups in total. The third-order valence-corrected chi connectivity index (χ3v) is 3.35. The number of carbonyl (C=O) groups excluding carboxylic acids is 1. The van der Waals surface area contributed by atoms with E-state index in [1.807, 2.05) is 12.3 Å². The Bertz CT molecular complexity index is 652. The van der Waals surface area contributed by atoms with Gasteiger partial charge in [-0.2, -0.15) is 5.10 Å². The number of thiazole rings is 1. The number of hydrazone groups is 1. The monoisotopic (exact) mass is 291 g/mol. The van der Waals surface area contributed by atoms with E-state index in [4.69, 9.17) is 5.11 Å². The van der Waals surface area contributed by atoms with Gasteiger partial charge in [-0.25, -0.2) is 10.4 Å². The molecule has 0 radical (unpaired) electrons. The van der Waals surface area contributed by atoms with E-state index in [0.717, 1.165) is 10.7 Å². The number of phenols is 2. The lowest BCUT2D eigenvalue weighted by Gasteiger charge is -1.99. The van der Waals surface area contributed by atoms with Gasteiger partial charge in [-0.1, -0.05) is 0 Å². The van der Waals surface area contributed by atoms with Crippen molar-refractivity contribution in [1.82, 2.24) is 10.4 Å². The van der Waals surface area contributed by atoms with Gasteiger partial charge in [0, 0.05) is 11.1 Å². The molecular formula is C13H13N3O3S. The Balaban J connectivity index is 1.89. The highest BCUT2D eigenvalue weighted by atomic mass is 32.1. The van der Waals surface area contributed by atoms with Crippen molar-refractivity contribution >= 4 is 23.5 Å². The average Bonchev–Trinajstić information content (AvgIpc) is 2.79. The fourth-order valence-electron chi connectivity index (χ4n) is 1.46. The van der Waals surface area contributed by atoms with Crippen LogP contribution in [-0.2, 0) is 11.2 Å². The maximum absolute atomic E-state index is 11.6. The highest BCUT2D eigenvalue weighted by Gasteiger charge is 2.05. The molecule has 1 aromatic heterocycles. The molecule has 2 aromatic rings. The summed E-state index contributed by atoms with van der Waals surface area (Å²) < 4.78 is 0. The van der Waals surface area contributed by atoms with Crippen molar-refractivity contribution in [1.29, 1.82) is 0 Å². The van der Waals surface area contributed by atoms with Gasteiger partial charge in [0.1, 0.15) is 5.01 Å². The minimum atomic E-state index is -0.265. The van der Waals surface area contributed by atoms with E-state index in [0.29, 0.717) is 5.56 Å². The van der Waals surface area contributed by atoms with Gasteiger partial charge in [-0.15, -0.1) is 11.3 Å². The Morgan fingerprint density at radius 2 is 2.25 bits per heavy atom. The van der Waals surface area contributed by atoms with Gasteiger partial charge in [0.2, 0.25) is 5.91 Å². The van der Waals surface area contributed by atoms with Crippen molar-refractivity contribution in [3.05, 3.63) is 39.8 Å². The van der Waals surface area contributed by atoms with E-state index >= 15 is 0 Å². The summed E-state index contributed by atoms with van der Waals surface area (Å²) in [5, 5.41) is 24.8. The molecule has 0 fully saturated rings. The van der Waals surface area contributed by atoms with Gasteiger partial charge in [0.25, 0.3) is 0 Å². The summed E-state index contributed by atoms with van der Waals surface area (Å²) in [6.07, 6.45) is 1.56. The molecule has 6 nitrogen and oxygen atoms in total. The zero-order valence-corrected chi connectivity index (χ0v) is 11.5. The van der Waals surface area contributed by atoms with E-state index in [9.17, 15) is 9.90 Å². The van der Waals surface area contributed by atoms with Crippen LogP contribution < -0.4 is 5.43 Å². The number of benzene rings is 1. The molecule has 0 aliphatic carbocycles. The maximum Gasteiger partial charge on any atom is 0.246 e. The van der Waals surface area contributed by atoms with Gasteiger partial charge in [-0.05, 0) is 30.7 Å². The molecule has 2 rings (SSSR count). The SMILES string of the molecule is Cc1csc(CC(=O)N/N=C/c2ccc(O)c(O)c2)n1. The van der Waals surface area contributed by atoms with E-state index in [-0.39, 0.29) is 23.8 Å². The summed E-state index contributed by atoms with van der Waals surface area (Å²) in [7, 11) is 0. The normalized spacial score (nSPS) is 10.8. The molecule has 0 atom stereocenters. The first kappa shape index (κ1) is 14.0. The van der Waals surface area contributed by atoms with Crippen LogP contribution in [0.4, 0.5) is 0 Å². The largest absolute Gasteiger partial charge is 0.504 e. The summed E-state index contributed by atoms with van der Waals surface area (Å²) in [6, 6.07) is 4.25. The van der Waals surface area contributed by atoms with E-state index < -0.39 is 0 Å². The fraction of sp³-hybridized carbons (Fsp3) is 0.154. The van der Waals surface area contributed by atoms with Crippen LogP contribution in [0.3, 0.4) is 0 Å². The number of nitrogens with one attached hydrogen (secondary N) is 1. The Morgan fingerprint density at radius 1 is 1.45 bits per heavy atom. The molecule has 0 unspecified atom stereocenters. The molecule has 7 heteroatoms. The summed E-state index contributed by atoms with van der Waals surface area (Å²) in [5.41, 5.74) is 3.83. The van der Waals surface area contributed by atoms with Gasteiger partial charge in [0.05, 0.1) is 12.6 Å². The molecule has 0 spiro atoms. The quantitative estimate of drug-likeness (QED) is 0.452. The van der Waals surface area contributed by atoms with Gasteiger partial charge >= 0.3 is 0 Å². The molecule has 0 saturated heterocycles. The van der Waals surface area contributed by atoms with E-state index in [2.05, 4.69) is 15.5 Å². The molecule has 0 bridgehead atoms. The summed E-state index contributed by atoms with van der Waals surface area (Å²) in [5.74, 6) is -0.706. The number of aromatic nitrogens is 1. The van der Waals surface area contributed by atoms with Crippen LogP contribution in [0.25, 0.3) is 0 Å². The third-order valence-electron chi connectivity index (χ3n) is 2.38. The minimum Gasteiger partial charge on any atom is -0.504 e. The minimum absolute atomic E-state index is 0.177. The second-order valence-corrected chi connectivity index (χ2v) is 5.04. The summed E-state index contributed by atoms with van der Waals surface area (Å²) >= 11 is 1.43. The number of nitrogens with zero attached hydrogens (tertiary/aromatic N) is 2. The van der Waals surface area contributed by atoms with Crippen LogP contribution in [0.2, 0.25) is 0 Å². The molecule has 0 saturated carbocycles. The first-order valence-electron chi connectivity index (χ1n) is 5.79. The molecule has 1 amide bonds. The molecular weight excluding hydrogens is 278 g/mol. The van der Waals surface area contributed by atoms with Crippen molar-refractivity contribution in [3.63, 3.8) is 0 Å². The number of hydrogen-bond donors (Lipinski definition) is 3. The van der Waals surface area contributed by atoms with Crippen molar-refractivity contribution in [2.24, 2.45) is 5.10 Å². The number of hydrogen-bond acceptors (Lipinski definition) is 6. The molecule has 0 aliphatic rings. The van der Waals surface area contributed by atoms with Gasteiger partial charge in [-0.3, -0.25) is 4.79 Å². The zero-order valence-electron chi connectivity index (χ0n) is 10.7. The Hall–Kier alpha value is -2.41. The fourth-order valence-corrected chi connectivity index (χ4v) is 2.23. The van der Waals surface area contributed by atoms with Crippen molar-refractivity contribution in [2.75, 3.05) is 0 Å². The lowest BCUT2D eigenvalue weighted by molar-refractivity contribution is -0.120. The van der Waals surface area contributed by atoms with Crippen LogP contribution in [0.15, 0.2) is 28.7 Å². The number of phenolic OH excluding ortho intramolecular Hbond substituents is 2. The van der Waals surface area contributed by atoms with Crippen molar-refractivity contribution < 1.29 is 15.0 Å². The average molecular weight is 291 g/mol. The molecule has 20 heavy (non-hydrogen) atoms. The summed E-state index contributed by atoms with van der Waals surface area (Å²) in [6.45, 7) is 1.87. The lowest BCUT2D eigenvalue weighted by Crippen LogP contribution is -2.19. The van der Waals surface area contributed by atoms with Crippen LogP contribution in [0, 0.1) is 6.92 Å². The number of aromatic hydroxyl groups is 2. The van der Waals surface area contributed by atoms with Crippen LogP contribution in [0.1, 0.15) is 16.3 Å². The Labute approximate surface area is 119 Å². The maximum atomic E-state index is 11.6. The number of carbonyl (C=O) groups is 1. The topological polar surface area (TPSA) is 94.8 Å². The van der Waals surface area contributed by atoms with Crippen LogP contribution >= 0.6 is 11.3 Å². The highest BCUT2D eigenvalue weighted by molar-refractivity contribution is 7.09. The predicted molar refractivity (Wildman–Crippen MR) is 76.1 cm³/mol. The second-order valence-electron chi connectivity index (χ2n) is 4.10. The predicted octanol–water partition coefficient (Wildman–Crippen LogP) is 1.56. The third kappa shape index (κ3) is 3.79. The van der Waals surface area contributed by atoms with Crippen molar-refractivity contribution in [2.45, 2.75) is 13.3 Å². The molecule has 1 aromatic carbocycles. The number of rotatable bonds is 4. The molecule has 0 aliphatic heterocycles. The summed E-state index contributed by atoms with van der Waals surface area (Å²) in [4.78, 5) is 15.8. The van der Waals surface area contributed by atoms with E-state index in [1.54, 1.807) is 6.07 Å². The lowest BCUT2D eigenvalue weighted by atomic mass is 10.2. The second kappa shape index (κ2) is 6.16. The van der Waals surface area contributed by atoms with Crippen LogP contribution in [-0.4, -0.2) is 27.3 Å². The highest BCUT2D eigenvalue weighted by Crippen LogP contribution is 2.23. The smallest absolute Gasteiger partial charge is 0.246 e. The van der Waals surface area contributed by atoms with Crippen LogP contribution in [0.5, 0.6) is 11.5 Å². The van der Waals surface area contributed by atoms with E-state index in [1.165, 1.54) is 29.7 Å². The van der Waals surface area contributed by atoms with Gasteiger partial charge < -0.3 is 10.2 Å². The van der Waals surface area contributed by atoms with Crippen molar-refractivity contribution in [3.8, 4) is 11.5 Å². The zero-order chi connectivity index (χ0) is 14.5. The number of aryl methyl sites for hydroxylation is 1. The number of amides is 1. The first-order valence-corrected chi connectivity index (χ1v) is 6.67. The standard InChI is InChI=1S/C13H13N3O3S/c1-8-7-20-13(15-8)5-12(19)16-14-6-9-2-3-10(17)11(18)4-9/h2-4,6-7,17-18H,5H2,1H3,(H,16,19)/b14-6+. The Morgan fingerprint density at radius 3 is 2.90 bits per heavy atom. The molecule has 1 heterocycles. The Kier molecular flexibility index (Phi) is 4.31. The molecule has 104 valence electrons.